The topological polar surface area (TPSA) is 66.8 Å². The van der Waals surface area contributed by atoms with Crippen LogP contribution in [0.2, 0.25) is 0 Å². The molecule has 1 aliphatic rings. The Labute approximate surface area is 152 Å². The molecule has 5 nitrogen and oxygen atoms in total. The molecule has 1 aliphatic heterocycles. The third-order valence-corrected chi connectivity index (χ3v) is 4.23. The van der Waals surface area contributed by atoms with Crippen LogP contribution in [-0.4, -0.2) is 35.0 Å². The Bertz CT molecular complexity index is 825. The number of aliphatic hydroxyl groups excluding tert-OH is 1. The van der Waals surface area contributed by atoms with Crippen LogP contribution in [0.1, 0.15) is 24.5 Å². The quantitative estimate of drug-likeness (QED) is 0.777. The van der Waals surface area contributed by atoms with Gasteiger partial charge in [0.1, 0.15) is 5.75 Å². The molecule has 0 atom stereocenters. The van der Waals surface area contributed by atoms with Crippen molar-refractivity contribution in [1.29, 1.82) is 0 Å². The summed E-state index contributed by atoms with van der Waals surface area (Å²) in [4.78, 5) is 26.1. The number of amides is 2. The molecule has 2 aromatic rings. The van der Waals surface area contributed by atoms with E-state index in [1.165, 1.54) is 0 Å². The fraction of sp³-hybridized carbons (Fsp3) is 0.238. The lowest BCUT2D eigenvalue weighted by molar-refractivity contribution is -0.138. The number of carbonyl (C=O) groups excluding carboxylic acids is 2. The molecule has 26 heavy (non-hydrogen) atoms. The van der Waals surface area contributed by atoms with Gasteiger partial charge >= 0.3 is 0 Å². The summed E-state index contributed by atoms with van der Waals surface area (Å²) in [5.41, 5.74) is 1.58. The van der Waals surface area contributed by atoms with E-state index >= 15 is 0 Å². The first-order chi connectivity index (χ1) is 12.6. The molecule has 0 radical (unpaired) electrons. The van der Waals surface area contributed by atoms with E-state index in [4.69, 9.17) is 4.74 Å². The van der Waals surface area contributed by atoms with Crippen molar-refractivity contribution in [2.45, 2.75) is 19.8 Å². The normalized spacial score (nSPS) is 14.3. The van der Waals surface area contributed by atoms with Crippen molar-refractivity contribution in [2.75, 3.05) is 13.2 Å². The highest BCUT2D eigenvalue weighted by Crippen LogP contribution is 2.29. The van der Waals surface area contributed by atoms with Crippen LogP contribution in [0.4, 0.5) is 0 Å². The maximum absolute atomic E-state index is 12.7. The van der Waals surface area contributed by atoms with Gasteiger partial charge in [-0.15, -0.1) is 0 Å². The van der Waals surface area contributed by atoms with E-state index in [-0.39, 0.29) is 12.1 Å². The second-order valence-corrected chi connectivity index (χ2v) is 6.09. The van der Waals surface area contributed by atoms with Crippen LogP contribution in [0.3, 0.4) is 0 Å². The third-order valence-electron chi connectivity index (χ3n) is 4.23. The molecule has 5 heteroatoms. The van der Waals surface area contributed by atoms with E-state index in [1.54, 1.807) is 24.3 Å². The van der Waals surface area contributed by atoms with Crippen molar-refractivity contribution >= 4 is 17.4 Å². The SMILES string of the molecule is CCCOc1ccc(C2=C(O)C(=O)N(CCc3ccccc3)C2=O)cc1. The van der Waals surface area contributed by atoms with Crippen molar-refractivity contribution in [3.05, 3.63) is 71.5 Å². The van der Waals surface area contributed by atoms with Gasteiger partial charge in [-0.1, -0.05) is 49.4 Å². The molecule has 0 aromatic heterocycles. The number of hydrogen-bond acceptors (Lipinski definition) is 4. The van der Waals surface area contributed by atoms with E-state index in [0.717, 1.165) is 16.9 Å². The second-order valence-electron chi connectivity index (χ2n) is 6.09. The first-order valence-corrected chi connectivity index (χ1v) is 8.68. The Kier molecular flexibility index (Phi) is 5.37. The Morgan fingerprint density at radius 1 is 0.962 bits per heavy atom. The minimum atomic E-state index is -0.646. The molecular weight excluding hydrogens is 330 g/mol. The zero-order valence-electron chi connectivity index (χ0n) is 14.6. The van der Waals surface area contributed by atoms with E-state index in [1.807, 2.05) is 37.3 Å². The van der Waals surface area contributed by atoms with Crippen LogP contribution >= 0.6 is 0 Å². The van der Waals surface area contributed by atoms with Crippen LogP contribution in [0.5, 0.6) is 5.75 Å². The number of aliphatic hydroxyl groups is 1. The van der Waals surface area contributed by atoms with Gasteiger partial charge < -0.3 is 9.84 Å². The maximum Gasteiger partial charge on any atom is 0.296 e. The van der Waals surface area contributed by atoms with Crippen molar-refractivity contribution < 1.29 is 19.4 Å². The average Bonchev–Trinajstić information content (AvgIpc) is 2.88. The fourth-order valence-electron chi connectivity index (χ4n) is 2.85. The molecule has 2 aromatic carbocycles. The molecule has 2 amide bonds. The monoisotopic (exact) mass is 351 g/mol. The first kappa shape index (κ1) is 17.7. The minimum absolute atomic E-state index is 0.0464. The molecule has 0 unspecified atom stereocenters. The summed E-state index contributed by atoms with van der Waals surface area (Å²) in [6.45, 7) is 2.86. The van der Waals surface area contributed by atoms with Crippen LogP contribution in [-0.2, 0) is 16.0 Å². The van der Waals surface area contributed by atoms with E-state index in [9.17, 15) is 14.7 Å². The van der Waals surface area contributed by atoms with Crippen LogP contribution in [0.25, 0.3) is 5.57 Å². The van der Waals surface area contributed by atoms with E-state index in [2.05, 4.69) is 0 Å². The summed E-state index contributed by atoms with van der Waals surface area (Å²) in [7, 11) is 0. The predicted molar refractivity (Wildman–Crippen MR) is 98.6 cm³/mol. The lowest BCUT2D eigenvalue weighted by atomic mass is 10.1. The van der Waals surface area contributed by atoms with Crippen LogP contribution in [0, 0.1) is 0 Å². The van der Waals surface area contributed by atoms with Crippen molar-refractivity contribution in [3.8, 4) is 5.75 Å². The first-order valence-electron chi connectivity index (χ1n) is 8.68. The standard InChI is InChI=1S/C21H21NO4/c1-2-14-26-17-10-8-16(9-11-17)18-19(23)21(25)22(20(18)24)13-12-15-6-4-3-5-7-15/h3-11,23H,2,12-14H2,1H3. The van der Waals surface area contributed by atoms with Gasteiger partial charge in [-0.2, -0.15) is 0 Å². The number of rotatable bonds is 7. The highest BCUT2D eigenvalue weighted by Gasteiger charge is 2.38. The molecule has 1 heterocycles. The Balaban J connectivity index is 1.74. The molecule has 0 bridgehead atoms. The number of carbonyl (C=O) groups is 2. The van der Waals surface area contributed by atoms with Crippen LogP contribution < -0.4 is 4.74 Å². The zero-order valence-corrected chi connectivity index (χ0v) is 14.6. The number of imide groups is 1. The molecule has 1 N–H and O–H groups in total. The summed E-state index contributed by atoms with van der Waals surface area (Å²) in [6.07, 6.45) is 1.44. The number of benzene rings is 2. The summed E-state index contributed by atoms with van der Waals surface area (Å²) in [6, 6.07) is 16.4. The van der Waals surface area contributed by atoms with Crippen molar-refractivity contribution in [2.24, 2.45) is 0 Å². The fourth-order valence-corrected chi connectivity index (χ4v) is 2.85. The maximum atomic E-state index is 12.7. The van der Waals surface area contributed by atoms with Gasteiger partial charge in [0.05, 0.1) is 12.2 Å². The Morgan fingerprint density at radius 3 is 2.31 bits per heavy atom. The van der Waals surface area contributed by atoms with E-state index < -0.39 is 17.6 Å². The highest BCUT2D eigenvalue weighted by molar-refractivity contribution is 6.34. The molecule has 134 valence electrons. The largest absolute Gasteiger partial charge is 0.502 e. The van der Waals surface area contributed by atoms with E-state index in [0.29, 0.717) is 24.3 Å². The predicted octanol–water partition coefficient (Wildman–Crippen LogP) is 3.36. The zero-order chi connectivity index (χ0) is 18.5. The number of ether oxygens (including phenoxy) is 1. The van der Waals surface area contributed by atoms with Gasteiger partial charge in [0.25, 0.3) is 11.8 Å². The van der Waals surface area contributed by atoms with Crippen molar-refractivity contribution in [1.82, 2.24) is 4.90 Å². The molecule has 3 rings (SSSR count). The molecular formula is C21H21NO4. The highest BCUT2D eigenvalue weighted by atomic mass is 16.5. The second kappa shape index (κ2) is 7.87. The molecule has 0 saturated carbocycles. The molecule has 0 spiro atoms. The van der Waals surface area contributed by atoms with Gasteiger partial charge in [-0.3, -0.25) is 14.5 Å². The van der Waals surface area contributed by atoms with Gasteiger partial charge in [0.15, 0.2) is 5.76 Å². The van der Waals surface area contributed by atoms with Crippen LogP contribution in [0.15, 0.2) is 60.4 Å². The number of nitrogens with zero attached hydrogens (tertiary/aromatic N) is 1. The summed E-state index contributed by atoms with van der Waals surface area (Å²) in [5, 5.41) is 10.2. The molecule has 0 fully saturated rings. The minimum Gasteiger partial charge on any atom is -0.502 e. The Hall–Kier alpha value is -3.08. The lowest BCUT2D eigenvalue weighted by Gasteiger charge is -2.14. The number of hydrogen-bond donors (Lipinski definition) is 1. The van der Waals surface area contributed by atoms with Crippen molar-refractivity contribution in [3.63, 3.8) is 0 Å². The summed E-state index contributed by atoms with van der Waals surface area (Å²) in [5.74, 6) is -0.920. The lowest BCUT2D eigenvalue weighted by Crippen LogP contribution is -2.33. The van der Waals surface area contributed by atoms with Gasteiger partial charge in [0.2, 0.25) is 0 Å². The van der Waals surface area contributed by atoms with Gasteiger partial charge in [0, 0.05) is 6.54 Å². The average molecular weight is 351 g/mol. The van der Waals surface area contributed by atoms with Gasteiger partial charge in [-0.05, 0) is 36.1 Å². The molecule has 0 aliphatic carbocycles. The summed E-state index contributed by atoms with van der Waals surface area (Å²) >= 11 is 0. The smallest absolute Gasteiger partial charge is 0.296 e. The molecule has 0 saturated heterocycles. The van der Waals surface area contributed by atoms with Gasteiger partial charge in [-0.25, -0.2) is 0 Å². The summed E-state index contributed by atoms with van der Waals surface area (Å²) < 4.78 is 5.52. The third kappa shape index (κ3) is 3.61. The Morgan fingerprint density at radius 2 is 1.65 bits per heavy atom.